The van der Waals surface area contributed by atoms with Gasteiger partial charge in [-0.15, -0.1) is 0 Å². The second kappa shape index (κ2) is 5.27. The molecule has 3 heteroatoms. The van der Waals surface area contributed by atoms with Crippen LogP contribution in [0.5, 0.6) is 0 Å². The van der Waals surface area contributed by atoms with E-state index in [0.717, 1.165) is 11.1 Å². The third-order valence-corrected chi connectivity index (χ3v) is 2.49. The maximum Gasteiger partial charge on any atom is 0.127 e. The Kier molecular flexibility index (Phi) is 3.52. The van der Waals surface area contributed by atoms with Gasteiger partial charge in [0.25, 0.3) is 0 Å². The van der Waals surface area contributed by atoms with E-state index in [1.54, 1.807) is 0 Å². The Morgan fingerprint density at radius 2 is 1.41 bits per heavy atom. The molecule has 0 aromatic heterocycles. The predicted octanol–water partition coefficient (Wildman–Crippen LogP) is 2.05. The van der Waals surface area contributed by atoms with Gasteiger partial charge in [0.05, 0.1) is 0 Å². The van der Waals surface area contributed by atoms with E-state index in [1.165, 1.54) is 0 Å². The molecule has 0 aliphatic carbocycles. The van der Waals surface area contributed by atoms with Gasteiger partial charge < -0.3 is 11.5 Å². The standard InChI is InChI=1S/C14H15N3/c15-13(11-7-3-1-4-8-11)17-14(16)12-9-5-2-6-10-12/h1-10,13H,15H2,(H2,16,17). The lowest BCUT2D eigenvalue weighted by Crippen LogP contribution is -2.18. The van der Waals surface area contributed by atoms with Crippen molar-refractivity contribution in [2.24, 2.45) is 16.5 Å². The molecule has 0 spiro atoms. The fraction of sp³-hybridized carbons (Fsp3) is 0.0714. The van der Waals surface area contributed by atoms with E-state index in [-0.39, 0.29) is 0 Å². The molecule has 0 aliphatic rings. The minimum Gasteiger partial charge on any atom is -0.383 e. The number of rotatable bonds is 3. The molecule has 86 valence electrons. The summed E-state index contributed by atoms with van der Waals surface area (Å²) in [7, 11) is 0. The molecule has 0 radical (unpaired) electrons. The van der Waals surface area contributed by atoms with Crippen LogP contribution in [0, 0.1) is 0 Å². The number of hydrogen-bond acceptors (Lipinski definition) is 2. The van der Waals surface area contributed by atoms with Gasteiger partial charge in [-0.25, -0.2) is 4.99 Å². The Labute approximate surface area is 101 Å². The van der Waals surface area contributed by atoms with Crippen LogP contribution in [0.3, 0.4) is 0 Å². The highest BCUT2D eigenvalue weighted by atomic mass is 15.0. The molecule has 4 N–H and O–H groups in total. The molecule has 0 fully saturated rings. The van der Waals surface area contributed by atoms with Crippen LogP contribution in [0.1, 0.15) is 17.3 Å². The first-order valence-corrected chi connectivity index (χ1v) is 5.46. The summed E-state index contributed by atoms with van der Waals surface area (Å²) in [5.41, 5.74) is 13.7. The van der Waals surface area contributed by atoms with Crippen molar-refractivity contribution in [3.63, 3.8) is 0 Å². The molecule has 0 bridgehead atoms. The average Bonchev–Trinajstić information content (AvgIpc) is 2.40. The molecule has 2 aromatic rings. The molecule has 0 aliphatic heterocycles. The molecular weight excluding hydrogens is 210 g/mol. The third kappa shape index (κ3) is 2.92. The Morgan fingerprint density at radius 3 is 2.00 bits per heavy atom. The van der Waals surface area contributed by atoms with Crippen molar-refractivity contribution < 1.29 is 0 Å². The minimum atomic E-state index is -0.420. The molecule has 0 amide bonds. The quantitative estimate of drug-likeness (QED) is 0.620. The molecule has 0 heterocycles. The Morgan fingerprint density at radius 1 is 0.882 bits per heavy atom. The highest BCUT2D eigenvalue weighted by Gasteiger charge is 2.04. The molecule has 3 nitrogen and oxygen atoms in total. The van der Waals surface area contributed by atoms with E-state index < -0.39 is 6.17 Å². The van der Waals surface area contributed by atoms with Crippen molar-refractivity contribution in [3.8, 4) is 0 Å². The minimum absolute atomic E-state index is 0.420. The van der Waals surface area contributed by atoms with Gasteiger partial charge in [-0.2, -0.15) is 0 Å². The summed E-state index contributed by atoms with van der Waals surface area (Å²) in [5.74, 6) is 0.460. The SMILES string of the molecule is N/C(=N\C(N)c1ccccc1)c1ccccc1. The van der Waals surface area contributed by atoms with Gasteiger partial charge in [0, 0.05) is 5.56 Å². The van der Waals surface area contributed by atoms with Crippen molar-refractivity contribution in [2.75, 3.05) is 0 Å². The zero-order chi connectivity index (χ0) is 12.1. The molecule has 2 rings (SSSR count). The van der Waals surface area contributed by atoms with E-state index >= 15 is 0 Å². The monoisotopic (exact) mass is 225 g/mol. The number of aliphatic imine (C=N–C) groups is 1. The van der Waals surface area contributed by atoms with Crippen molar-refractivity contribution in [1.29, 1.82) is 0 Å². The zero-order valence-corrected chi connectivity index (χ0v) is 9.45. The molecule has 1 atom stereocenters. The van der Waals surface area contributed by atoms with E-state index in [2.05, 4.69) is 4.99 Å². The average molecular weight is 225 g/mol. The molecular formula is C14H15N3. The highest BCUT2D eigenvalue weighted by molar-refractivity contribution is 5.97. The first-order valence-electron chi connectivity index (χ1n) is 5.46. The van der Waals surface area contributed by atoms with Gasteiger partial charge in [-0.3, -0.25) is 0 Å². The first kappa shape index (κ1) is 11.4. The second-order valence-electron chi connectivity index (χ2n) is 3.74. The van der Waals surface area contributed by atoms with Crippen LogP contribution in [0.4, 0.5) is 0 Å². The van der Waals surface area contributed by atoms with E-state index in [0.29, 0.717) is 5.84 Å². The fourth-order valence-corrected chi connectivity index (χ4v) is 1.56. The summed E-state index contributed by atoms with van der Waals surface area (Å²) < 4.78 is 0. The van der Waals surface area contributed by atoms with Gasteiger partial charge in [0.1, 0.15) is 12.0 Å². The maximum absolute atomic E-state index is 5.97. The number of nitrogens with two attached hydrogens (primary N) is 2. The van der Waals surface area contributed by atoms with Crippen LogP contribution >= 0.6 is 0 Å². The molecule has 0 saturated carbocycles. The van der Waals surface area contributed by atoms with Gasteiger partial charge in [0.15, 0.2) is 0 Å². The normalized spacial score (nSPS) is 13.4. The molecule has 2 aromatic carbocycles. The van der Waals surface area contributed by atoms with Gasteiger partial charge in [-0.1, -0.05) is 60.7 Å². The second-order valence-corrected chi connectivity index (χ2v) is 3.74. The maximum atomic E-state index is 5.97. The van der Waals surface area contributed by atoms with Crippen molar-refractivity contribution >= 4 is 5.84 Å². The van der Waals surface area contributed by atoms with Gasteiger partial charge >= 0.3 is 0 Å². The van der Waals surface area contributed by atoms with Crippen LogP contribution in [0.2, 0.25) is 0 Å². The summed E-state index contributed by atoms with van der Waals surface area (Å²) >= 11 is 0. The predicted molar refractivity (Wildman–Crippen MR) is 70.5 cm³/mol. The third-order valence-electron chi connectivity index (χ3n) is 2.49. The molecule has 1 unspecified atom stereocenters. The number of amidine groups is 1. The lowest BCUT2D eigenvalue weighted by Gasteiger charge is -2.08. The first-order chi connectivity index (χ1) is 8.27. The van der Waals surface area contributed by atoms with Gasteiger partial charge in [0.2, 0.25) is 0 Å². The Balaban J connectivity index is 2.20. The lowest BCUT2D eigenvalue weighted by molar-refractivity contribution is 0.775. The largest absolute Gasteiger partial charge is 0.383 e. The fourth-order valence-electron chi connectivity index (χ4n) is 1.56. The van der Waals surface area contributed by atoms with E-state index in [4.69, 9.17) is 11.5 Å². The number of nitrogens with zero attached hydrogens (tertiary/aromatic N) is 1. The number of benzene rings is 2. The van der Waals surface area contributed by atoms with Gasteiger partial charge in [-0.05, 0) is 5.56 Å². The lowest BCUT2D eigenvalue weighted by atomic mass is 10.1. The highest BCUT2D eigenvalue weighted by Crippen LogP contribution is 2.11. The van der Waals surface area contributed by atoms with Crippen molar-refractivity contribution in [1.82, 2.24) is 0 Å². The van der Waals surface area contributed by atoms with Crippen LogP contribution < -0.4 is 11.5 Å². The van der Waals surface area contributed by atoms with E-state index in [1.807, 2.05) is 60.7 Å². The Bertz CT molecular complexity index is 491. The topological polar surface area (TPSA) is 64.4 Å². The smallest absolute Gasteiger partial charge is 0.127 e. The molecule has 0 saturated heterocycles. The van der Waals surface area contributed by atoms with Crippen LogP contribution in [-0.4, -0.2) is 5.84 Å². The van der Waals surface area contributed by atoms with Crippen LogP contribution in [0.25, 0.3) is 0 Å². The Hall–Kier alpha value is -2.13. The summed E-state index contributed by atoms with van der Waals surface area (Å²) in [4.78, 5) is 4.29. The summed E-state index contributed by atoms with van der Waals surface area (Å²) in [6.45, 7) is 0. The van der Waals surface area contributed by atoms with Crippen molar-refractivity contribution in [2.45, 2.75) is 6.17 Å². The summed E-state index contributed by atoms with van der Waals surface area (Å²) in [5, 5.41) is 0. The zero-order valence-electron chi connectivity index (χ0n) is 9.45. The number of hydrogen-bond donors (Lipinski definition) is 2. The van der Waals surface area contributed by atoms with E-state index in [9.17, 15) is 0 Å². The van der Waals surface area contributed by atoms with Crippen LogP contribution in [0.15, 0.2) is 65.7 Å². The van der Waals surface area contributed by atoms with Crippen LogP contribution in [-0.2, 0) is 0 Å². The summed E-state index contributed by atoms with van der Waals surface area (Å²) in [6, 6.07) is 19.3. The molecule has 17 heavy (non-hydrogen) atoms. The summed E-state index contributed by atoms with van der Waals surface area (Å²) in [6.07, 6.45) is -0.420. The van der Waals surface area contributed by atoms with Crippen molar-refractivity contribution in [3.05, 3.63) is 71.8 Å².